The molecule has 1 unspecified atom stereocenters. The van der Waals surface area contributed by atoms with Crippen LogP contribution in [0.5, 0.6) is 0 Å². The van der Waals surface area contributed by atoms with Crippen molar-refractivity contribution in [3.8, 4) is 0 Å². The number of ketones is 1. The lowest BCUT2D eigenvalue weighted by molar-refractivity contribution is -0.137. The Kier molecular flexibility index (Phi) is 3.86. The Balaban J connectivity index is 3.09. The van der Waals surface area contributed by atoms with Crippen molar-refractivity contribution in [3.63, 3.8) is 0 Å². The zero-order chi connectivity index (χ0) is 14.1. The van der Waals surface area contributed by atoms with Crippen molar-refractivity contribution in [2.24, 2.45) is 5.41 Å². The summed E-state index contributed by atoms with van der Waals surface area (Å²) in [6.07, 6.45) is -5.83. The second-order valence-electron chi connectivity index (χ2n) is 5.21. The van der Waals surface area contributed by atoms with E-state index in [-0.39, 0.29) is 5.56 Å². The first-order chi connectivity index (χ1) is 8.03. The number of Topliss-reactive ketones (excluding diaryl/α,β-unsaturated/α-hetero) is 1. The van der Waals surface area contributed by atoms with Gasteiger partial charge in [0.1, 0.15) is 6.10 Å². The number of aliphatic hydroxyl groups is 1. The first kappa shape index (κ1) is 14.7. The van der Waals surface area contributed by atoms with Crippen LogP contribution in [-0.2, 0) is 6.18 Å². The Labute approximate surface area is 103 Å². The maximum atomic E-state index is 12.5. The van der Waals surface area contributed by atoms with E-state index >= 15 is 0 Å². The number of rotatable bonds is 2. The summed E-state index contributed by atoms with van der Waals surface area (Å²) in [5, 5.41) is 9.77. The maximum Gasteiger partial charge on any atom is 0.416 e. The van der Waals surface area contributed by atoms with Crippen molar-refractivity contribution in [1.82, 2.24) is 0 Å². The van der Waals surface area contributed by atoms with Gasteiger partial charge in [-0.15, -0.1) is 0 Å². The SMILES string of the molecule is CC(C)(C)C(O)C(=O)c1cccc(C(F)(F)F)c1. The first-order valence-electron chi connectivity index (χ1n) is 5.43. The van der Waals surface area contributed by atoms with E-state index in [0.717, 1.165) is 18.2 Å². The average Bonchev–Trinajstić information content (AvgIpc) is 2.25. The minimum absolute atomic E-state index is 0.132. The molecule has 0 amide bonds. The highest BCUT2D eigenvalue weighted by molar-refractivity contribution is 5.99. The Morgan fingerprint density at radius 1 is 1.22 bits per heavy atom. The Morgan fingerprint density at radius 2 is 1.78 bits per heavy atom. The molecular formula is C13H15F3O2. The fourth-order valence-electron chi connectivity index (χ4n) is 1.40. The molecule has 0 aromatic heterocycles. The van der Waals surface area contributed by atoms with E-state index in [4.69, 9.17) is 0 Å². The zero-order valence-corrected chi connectivity index (χ0v) is 10.4. The van der Waals surface area contributed by atoms with Crippen molar-refractivity contribution in [2.45, 2.75) is 33.1 Å². The van der Waals surface area contributed by atoms with Crippen molar-refractivity contribution < 1.29 is 23.1 Å². The van der Waals surface area contributed by atoms with Gasteiger partial charge in [-0.2, -0.15) is 13.2 Å². The van der Waals surface area contributed by atoms with Crippen molar-refractivity contribution >= 4 is 5.78 Å². The maximum absolute atomic E-state index is 12.5. The second-order valence-corrected chi connectivity index (χ2v) is 5.21. The fraction of sp³-hybridized carbons (Fsp3) is 0.462. The minimum Gasteiger partial charge on any atom is -0.384 e. The summed E-state index contributed by atoms with van der Waals surface area (Å²) in [6.45, 7) is 4.93. The normalized spacial score (nSPS) is 14.4. The van der Waals surface area contributed by atoms with E-state index in [9.17, 15) is 23.1 Å². The molecule has 0 spiro atoms. The van der Waals surface area contributed by atoms with E-state index in [0.29, 0.717) is 0 Å². The number of alkyl halides is 3. The predicted octanol–water partition coefficient (Wildman–Crippen LogP) is 3.30. The number of hydrogen-bond donors (Lipinski definition) is 1. The number of halogens is 3. The van der Waals surface area contributed by atoms with Gasteiger partial charge in [0.05, 0.1) is 5.56 Å². The molecule has 0 aliphatic carbocycles. The molecule has 0 aliphatic heterocycles. The van der Waals surface area contributed by atoms with Crippen molar-refractivity contribution in [3.05, 3.63) is 35.4 Å². The number of benzene rings is 1. The highest BCUT2D eigenvalue weighted by Gasteiger charge is 2.33. The molecule has 0 saturated carbocycles. The summed E-state index contributed by atoms with van der Waals surface area (Å²) in [4.78, 5) is 11.9. The lowest BCUT2D eigenvalue weighted by Crippen LogP contribution is -2.34. The van der Waals surface area contributed by atoms with Crippen LogP contribution in [-0.4, -0.2) is 17.0 Å². The molecule has 100 valence electrons. The van der Waals surface area contributed by atoms with Crippen LogP contribution >= 0.6 is 0 Å². The molecule has 5 heteroatoms. The van der Waals surface area contributed by atoms with Gasteiger partial charge in [-0.25, -0.2) is 0 Å². The molecule has 1 rings (SSSR count). The topological polar surface area (TPSA) is 37.3 Å². The van der Waals surface area contributed by atoms with Crippen LogP contribution in [0, 0.1) is 5.41 Å². The van der Waals surface area contributed by atoms with Gasteiger partial charge in [-0.3, -0.25) is 4.79 Å². The fourth-order valence-corrected chi connectivity index (χ4v) is 1.40. The summed E-state index contributed by atoms with van der Waals surface area (Å²) in [7, 11) is 0. The van der Waals surface area contributed by atoms with Crippen LogP contribution in [0.2, 0.25) is 0 Å². The summed E-state index contributed by atoms with van der Waals surface area (Å²) in [5.41, 5.74) is -1.74. The Bertz CT molecular complexity index is 444. The van der Waals surface area contributed by atoms with Crippen LogP contribution < -0.4 is 0 Å². The van der Waals surface area contributed by atoms with E-state index < -0.39 is 29.0 Å². The van der Waals surface area contributed by atoms with Gasteiger partial charge in [-0.1, -0.05) is 32.9 Å². The molecule has 0 fully saturated rings. The lowest BCUT2D eigenvalue weighted by Gasteiger charge is -2.24. The van der Waals surface area contributed by atoms with Gasteiger partial charge in [0.2, 0.25) is 0 Å². The summed E-state index contributed by atoms with van der Waals surface area (Å²) in [5.74, 6) is -0.700. The molecule has 2 nitrogen and oxygen atoms in total. The highest BCUT2D eigenvalue weighted by atomic mass is 19.4. The van der Waals surface area contributed by atoms with Crippen LogP contribution in [0.1, 0.15) is 36.7 Å². The van der Waals surface area contributed by atoms with E-state index in [1.807, 2.05) is 0 Å². The average molecular weight is 260 g/mol. The van der Waals surface area contributed by atoms with Gasteiger partial charge < -0.3 is 5.11 Å². The van der Waals surface area contributed by atoms with Gasteiger partial charge in [-0.05, 0) is 17.5 Å². The van der Waals surface area contributed by atoms with Gasteiger partial charge in [0.25, 0.3) is 0 Å². The molecule has 0 heterocycles. The molecule has 1 aromatic rings. The number of carbonyl (C=O) groups excluding carboxylic acids is 1. The molecule has 18 heavy (non-hydrogen) atoms. The molecular weight excluding hydrogens is 245 g/mol. The summed E-state index contributed by atoms with van der Waals surface area (Å²) >= 11 is 0. The largest absolute Gasteiger partial charge is 0.416 e. The molecule has 0 saturated heterocycles. The first-order valence-corrected chi connectivity index (χ1v) is 5.43. The third-order valence-corrected chi connectivity index (χ3v) is 2.54. The quantitative estimate of drug-likeness (QED) is 0.828. The van der Waals surface area contributed by atoms with Gasteiger partial charge >= 0.3 is 6.18 Å². The smallest absolute Gasteiger partial charge is 0.384 e. The number of carbonyl (C=O) groups is 1. The minimum atomic E-state index is -4.50. The van der Waals surface area contributed by atoms with Crippen LogP contribution in [0.3, 0.4) is 0 Å². The standard InChI is InChI=1S/C13H15F3O2/c1-12(2,3)11(18)10(17)8-5-4-6-9(7-8)13(14,15)16/h4-7,11,18H,1-3H3. The monoisotopic (exact) mass is 260 g/mol. The van der Waals surface area contributed by atoms with Gasteiger partial charge in [0.15, 0.2) is 5.78 Å². The lowest BCUT2D eigenvalue weighted by atomic mass is 9.84. The third kappa shape index (κ3) is 3.32. The molecule has 0 radical (unpaired) electrons. The van der Waals surface area contributed by atoms with Crippen molar-refractivity contribution in [1.29, 1.82) is 0 Å². The number of hydrogen-bond acceptors (Lipinski definition) is 2. The van der Waals surface area contributed by atoms with Crippen LogP contribution in [0.4, 0.5) is 13.2 Å². The Morgan fingerprint density at radius 3 is 2.22 bits per heavy atom. The second kappa shape index (κ2) is 4.72. The van der Waals surface area contributed by atoms with Crippen LogP contribution in [0.25, 0.3) is 0 Å². The van der Waals surface area contributed by atoms with Crippen molar-refractivity contribution in [2.75, 3.05) is 0 Å². The molecule has 1 aromatic carbocycles. The zero-order valence-electron chi connectivity index (χ0n) is 10.4. The third-order valence-electron chi connectivity index (χ3n) is 2.54. The predicted molar refractivity (Wildman–Crippen MR) is 61.2 cm³/mol. The molecule has 0 bridgehead atoms. The molecule has 1 N–H and O–H groups in total. The van der Waals surface area contributed by atoms with E-state index in [2.05, 4.69) is 0 Å². The summed E-state index contributed by atoms with van der Waals surface area (Å²) in [6, 6.07) is 4.08. The van der Waals surface area contributed by atoms with Gasteiger partial charge in [0, 0.05) is 5.56 Å². The Hall–Kier alpha value is -1.36. The summed E-state index contributed by atoms with van der Waals surface area (Å²) < 4.78 is 37.5. The molecule has 0 aliphatic rings. The van der Waals surface area contributed by atoms with E-state index in [1.54, 1.807) is 20.8 Å². The number of aliphatic hydroxyl groups excluding tert-OH is 1. The van der Waals surface area contributed by atoms with Crippen LogP contribution in [0.15, 0.2) is 24.3 Å². The highest BCUT2D eigenvalue weighted by Crippen LogP contribution is 2.30. The molecule has 1 atom stereocenters. The van der Waals surface area contributed by atoms with E-state index in [1.165, 1.54) is 6.07 Å².